The normalized spacial score (nSPS) is 15.6. The number of aromatic nitrogens is 5. The predicted octanol–water partition coefficient (Wildman–Crippen LogP) is 5.28. The molecule has 0 spiro atoms. The summed E-state index contributed by atoms with van der Waals surface area (Å²) >= 11 is 3.32. The van der Waals surface area contributed by atoms with Gasteiger partial charge in [-0.15, -0.1) is 28.1 Å². The molecule has 7 heteroatoms. The molecular weight excluding hydrogens is 362 g/mol. The van der Waals surface area contributed by atoms with Crippen molar-refractivity contribution in [2.75, 3.05) is 0 Å². The van der Waals surface area contributed by atoms with Crippen molar-refractivity contribution in [2.45, 2.75) is 68.6 Å². The van der Waals surface area contributed by atoms with E-state index in [9.17, 15) is 0 Å². The van der Waals surface area contributed by atoms with E-state index in [0.29, 0.717) is 5.92 Å². The molecule has 1 aliphatic carbocycles. The molecule has 1 saturated carbocycles. The number of hydrogen-bond acceptors (Lipinski definition) is 6. The van der Waals surface area contributed by atoms with Crippen LogP contribution in [-0.2, 0) is 6.54 Å². The highest BCUT2D eigenvalue weighted by Gasteiger charge is 2.24. The van der Waals surface area contributed by atoms with Crippen LogP contribution < -0.4 is 0 Å². The monoisotopic (exact) mass is 385 g/mol. The number of nitrogens with zero attached hydrogens (tertiary/aromatic N) is 5. The minimum absolute atomic E-state index is 0.515. The van der Waals surface area contributed by atoms with Crippen molar-refractivity contribution in [3.8, 4) is 0 Å². The molecule has 3 aromatic heterocycles. The standard InChI is InChI=1S/C19H23N5S2/c1-4-10-24-16(14-8-6-5-7-9-14)22-23-19(24)26-18-15-12(2)13(3)25-17(15)20-11-21-18/h4,11,14H,1,5-10H2,2-3H3. The van der Waals surface area contributed by atoms with Crippen molar-refractivity contribution in [3.63, 3.8) is 0 Å². The Kier molecular flexibility index (Phi) is 5.09. The summed E-state index contributed by atoms with van der Waals surface area (Å²) in [4.78, 5) is 11.3. The number of aryl methyl sites for hydroxylation is 2. The van der Waals surface area contributed by atoms with Gasteiger partial charge >= 0.3 is 0 Å². The lowest BCUT2D eigenvalue weighted by molar-refractivity contribution is 0.415. The molecule has 26 heavy (non-hydrogen) atoms. The highest BCUT2D eigenvalue weighted by molar-refractivity contribution is 7.99. The number of fused-ring (bicyclic) bond motifs is 1. The molecule has 0 bridgehead atoms. The number of thiophene rings is 1. The van der Waals surface area contributed by atoms with E-state index in [-0.39, 0.29) is 0 Å². The maximum Gasteiger partial charge on any atom is 0.197 e. The lowest BCUT2D eigenvalue weighted by atomic mass is 9.89. The van der Waals surface area contributed by atoms with Crippen LogP contribution in [0.4, 0.5) is 0 Å². The fraction of sp³-hybridized carbons (Fsp3) is 0.474. The minimum atomic E-state index is 0.515. The Morgan fingerprint density at radius 1 is 1.23 bits per heavy atom. The Morgan fingerprint density at radius 3 is 2.81 bits per heavy atom. The smallest absolute Gasteiger partial charge is 0.197 e. The Morgan fingerprint density at radius 2 is 2.04 bits per heavy atom. The summed E-state index contributed by atoms with van der Waals surface area (Å²) in [6.07, 6.45) is 9.90. The first-order valence-corrected chi connectivity index (χ1v) is 10.7. The first kappa shape index (κ1) is 17.7. The zero-order valence-corrected chi connectivity index (χ0v) is 16.9. The predicted molar refractivity (Wildman–Crippen MR) is 107 cm³/mol. The summed E-state index contributed by atoms with van der Waals surface area (Å²) in [7, 11) is 0. The fourth-order valence-corrected chi connectivity index (χ4v) is 5.70. The zero-order valence-electron chi connectivity index (χ0n) is 15.2. The van der Waals surface area contributed by atoms with Gasteiger partial charge in [-0.3, -0.25) is 0 Å². The molecule has 1 fully saturated rings. The quantitative estimate of drug-likeness (QED) is 0.441. The van der Waals surface area contributed by atoms with E-state index < -0.39 is 0 Å². The average molecular weight is 386 g/mol. The molecule has 136 valence electrons. The van der Waals surface area contributed by atoms with E-state index in [1.807, 2.05) is 6.08 Å². The SMILES string of the molecule is C=CCn1c(Sc2ncnc3sc(C)c(C)c23)nnc1C1CCCCC1. The summed E-state index contributed by atoms with van der Waals surface area (Å²) in [5.74, 6) is 1.62. The molecule has 5 nitrogen and oxygen atoms in total. The van der Waals surface area contributed by atoms with Crippen molar-refractivity contribution in [2.24, 2.45) is 0 Å². The molecule has 0 unspecified atom stereocenters. The third-order valence-corrected chi connectivity index (χ3v) is 7.25. The summed E-state index contributed by atoms with van der Waals surface area (Å²) in [6.45, 7) is 8.94. The highest BCUT2D eigenvalue weighted by atomic mass is 32.2. The first-order chi connectivity index (χ1) is 12.7. The Bertz CT molecular complexity index is 937. The van der Waals surface area contributed by atoms with Crippen molar-refractivity contribution < 1.29 is 0 Å². The third-order valence-electron chi connectivity index (χ3n) is 5.15. The Hall–Kier alpha value is -1.73. The van der Waals surface area contributed by atoms with Crippen LogP contribution >= 0.6 is 23.1 Å². The largest absolute Gasteiger partial charge is 0.302 e. The summed E-state index contributed by atoms with van der Waals surface area (Å²) in [5.41, 5.74) is 1.26. The van der Waals surface area contributed by atoms with E-state index in [2.05, 4.69) is 45.2 Å². The van der Waals surface area contributed by atoms with Crippen LogP contribution in [0.15, 0.2) is 29.2 Å². The van der Waals surface area contributed by atoms with E-state index in [4.69, 9.17) is 0 Å². The molecule has 0 saturated heterocycles. The molecule has 0 aromatic carbocycles. The van der Waals surface area contributed by atoms with Gasteiger partial charge < -0.3 is 4.57 Å². The van der Waals surface area contributed by atoms with Crippen LogP contribution in [0, 0.1) is 13.8 Å². The maximum atomic E-state index is 4.57. The lowest BCUT2D eigenvalue weighted by Gasteiger charge is -2.21. The molecule has 3 aromatic rings. The second kappa shape index (κ2) is 7.48. The molecule has 0 radical (unpaired) electrons. The van der Waals surface area contributed by atoms with Crippen molar-refractivity contribution in [3.05, 3.63) is 35.2 Å². The van der Waals surface area contributed by atoms with E-state index >= 15 is 0 Å². The summed E-state index contributed by atoms with van der Waals surface area (Å²) < 4.78 is 2.22. The van der Waals surface area contributed by atoms with Crippen molar-refractivity contribution in [1.82, 2.24) is 24.7 Å². The molecule has 4 rings (SSSR count). The van der Waals surface area contributed by atoms with Crippen molar-refractivity contribution in [1.29, 1.82) is 0 Å². The van der Waals surface area contributed by atoms with E-state index in [1.165, 1.54) is 42.5 Å². The topological polar surface area (TPSA) is 56.5 Å². The van der Waals surface area contributed by atoms with Crippen molar-refractivity contribution >= 4 is 33.3 Å². The lowest BCUT2D eigenvalue weighted by Crippen LogP contribution is -2.12. The minimum Gasteiger partial charge on any atom is -0.302 e. The van der Waals surface area contributed by atoms with Gasteiger partial charge in [0, 0.05) is 22.7 Å². The van der Waals surface area contributed by atoms with Gasteiger partial charge in [0.2, 0.25) is 0 Å². The second-order valence-corrected chi connectivity index (χ2v) is 8.98. The van der Waals surface area contributed by atoms with Gasteiger partial charge in [-0.25, -0.2) is 9.97 Å². The van der Waals surface area contributed by atoms with E-state index in [1.54, 1.807) is 29.4 Å². The average Bonchev–Trinajstić information content (AvgIpc) is 3.18. The van der Waals surface area contributed by atoms with Gasteiger partial charge in [0.25, 0.3) is 0 Å². The van der Waals surface area contributed by atoms with Gasteiger partial charge in [0.05, 0.1) is 0 Å². The third kappa shape index (κ3) is 3.18. The zero-order chi connectivity index (χ0) is 18.1. The van der Waals surface area contributed by atoms with Crippen LogP contribution in [0.1, 0.15) is 54.3 Å². The molecule has 0 N–H and O–H groups in total. The Labute approximate surface area is 162 Å². The van der Waals surface area contributed by atoms with Gasteiger partial charge in [-0.2, -0.15) is 0 Å². The fourth-order valence-electron chi connectivity index (χ4n) is 3.65. The molecule has 0 amide bonds. The van der Waals surface area contributed by atoms with Gasteiger partial charge in [-0.1, -0.05) is 25.3 Å². The number of rotatable bonds is 5. The molecule has 0 aliphatic heterocycles. The number of allylic oxidation sites excluding steroid dienone is 1. The Balaban J connectivity index is 1.72. The van der Waals surface area contributed by atoms with Crippen LogP contribution in [0.25, 0.3) is 10.2 Å². The molecule has 3 heterocycles. The molecular formula is C19H23N5S2. The second-order valence-electron chi connectivity index (χ2n) is 6.82. The first-order valence-electron chi connectivity index (χ1n) is 9.11. The van der Waals surface area contributed by atoms with Gasteiger partial charge in [0.15, 0.2) is 5.16 Å². The number of hydrogen-bond donors (Lipinski definition) is 0. The maximum absolute atomic E-state index is 4.57. The molecule has 0 atom stereocenters. The van der Waals surface area contributed by atoms with Gasteiger partial charge in [-0.05, 0) is 44.0 Å². The van der Waals surface area contributed by atoms with E-state index in [0.717, 1.165) is 32.8 Å². The highest BCUT2D eigenvalue weighted by Crippen LogP contribution is 2.38. The summed E-state index contributed by atoms with van der Waals surface area (Å²) in [6, 6.07) is 0. The van der Waals surface area contributed by atoms with Crippen LogP contribution in [-0.4, -0.2) is 24.7 Å². The molecule has 1 aliphatic rings. The van der Waals surface area contributed by atoms with Crippen LogP contribution in [0.5, 0.6) is 0 Å². The van der Waals surface area contributed by atoms with Crippen LogP contribution in [0.3, 0.4) is 0 Å². The van der Waals surface area contributed by atoms with Gasteiger partial charge in [0.1, 0.15) is 22.0 Å². The summed E-state index contributed by atoms with van der Waals surface area (Å²) in [5, 5.41) is 12.1. The van der Waals surface area contributed by atoms with Crippen LogP contribution in [0.2, 0.25) is 0 Å².